The molecular formula is C12H14BrNO3S. The van der Waals surface area contributed by atoms with Gasteiger partial charge in [0, 0.05) is 16.4 Å². The summed E-state index contributed by atoms with van der Waals surface area (Å²) in [6.07, 6.45) is 0.267. The van der Waals surface area contributed by atoms with E-state index in [1.807, 2.05) is 0 Å². The monoisotopic (exact) mass is 331 g/mol. The summed E-state index contributed by atoms with van der Waals surface area (Å²) in [5.74, 6) is -0.0410. The molecule has 98 valence electrons. The number of nitrogens with zero attached hydrogens (tertiary/aromatic N) is 1. The molecule has 1 heterocycles. The third kappa shape index (κ3) is 2.37. The van der Waals surface area contributed by atoms with E-state index in [4.69, 9.17) is 0 Å². The fraction of sp³-hybridized carbons (Fsp3) is 0.417. The molecule has 0 aliphatic carbocycles. The average molecular weight is 332 g/mol. The third-order valence-electron chi connectivity index (χ3n) is 3.03. The normalized spacial score (nSPS) is 20.3. The Kier molecular flexibility index (Phi) is 3.38. The molecule has 1 fully saturated rings. The van der Waals surface area contributed by atoms with Gasteiger partial charge in [0.2, 0.25) is 10.0 Å². The molecule has 0 radical (unpaired) electrons. The summed E-state index contributed by atoms with van der Waals surface area (Å²) >= 11 is 3.27. The minimum Gasteiger partial charge on any atom is -0.298 e. The van der Waals surface area contributed by atoms with Crippen LogP contribution in [0.3, 0.4) is 0 Å². The van der Waals surface area contributed by atoms with Gasteiger partial charge in [-0.2, -0.15) is 4.31 Å². The molecule has 2 rings (SSSR count). The first kappa shape index (κ1) is 13.7. The number of rotatable bonds is 2. The number of hydrogen-bond acceptors (Lipinski definition) is 3. The molecule has 1 aromatic rings. The van der Waals surface area contributed by atoms with Crippen molar-refractivity contribution in [1.29, 1.82) is 0 Å². The first-order valence-corrected chi connectivity index (χ1v) is 7.77. The van der Waals surface area contributed by atoms with Gasteiger partial charge in [0.05, 0.1) is 11.4 Å². The predicted octanol–water partition coefficient (Wildman–Crippen LogP) is 2.19. The van der Waals surface area contributed by atoms with Crippen molar-refractivity contribution in [3.63, 3.8) is 0 Å². The van der Waals surface area contributed by atoms with Crippen molar-refractivity contribution in [1.82, 2.24) is 4.31 Å². The number of carbonyl (C=O) groups excluding carboxylic acids is 1. The van der Waals surface area contributed by atoms with Crippen molar-refractivity contribution < 1.29 is 13.2 Å². The summed E-state index contributed by atoms with van der Waals surface area (Å²) in [5, 5.41) is 0. The minimum absolute atomic E-state index is 0.0363. The zero-order valence-electron chi connectivity index (χ0n) is 10.2. The van der Waals surface area contributed by atoms with E-state index in [0.29, 0.717) is 0 Å². The highest BCUT2D eigenvalue weighted by Crippen LogP contribution is 2.32. The van der Waals surface area contributed by atoms with Gasteiger partial charge >= 0.3 is 0 Å². The summed E-state index contributed by atoms with van der Waals surface area (Å²) in [6, 6.07) is 6.44. The number of hydrogen-bond donors (Lipinski definition) is 0. The van der Waals surface area contributed by atoms with Crippen LogP contribution in [-0.4, -0.2) is 30.6 Å². The summed E-state index contributed by atoms with van der Waals surface area (Å²) in [6.45, 7) is 3.51. The van der Waals surface area contributed by atoms with Crippen LogP contribution in [-0.2, 0) is 14.8 Å². The Hall–Kier alpha value is -0.720. The van der Waals surface area contributed by atoms with Crippen LogP contribution in [0.15, 0.2) is 33.6 Å². The first-order valence-electron chi connectivity index (χ1n) is 5.53. The number of halogens is 1. The van der Waals surface area contributed by atoms with Gasteiger partial charge in [-0.25, -0.2) is 8.42 Å². The lowest BCUT2D eigenvalue weighted by Crippen LogP contribution is -2.42. The quantitative estimate of drug-likeness (QED) is 0.834. The van der Waals surface area contributed by atoms with Gasteiger partial charge < -0.3 is 0 Å². The molecular weight excluding hydrogens is 318 g/mol. The Morgan fingerprint density at radius 3 is 2.22 bits per heavy atom. The van der Waals surface area contributed by atoms with Crippen LogP contribution in [0.5, 0.6) is 0 Å². The van der Waals surface area contributed by atoms with Crippen molar-refractivity contribution >= 4 is 31.7 Å². The van der Waals surface area contributed by atoms with Crippen LogP contribution in [0.4, 0.5) is 0 Å². The van der Waals surface area contributed by atoms with Gasteiger partial charge in [-0.05, 0) is 38.1 Å². The second kappa shape index (κ2) is 4.43. The first-order chi connectivity index (χ1) is 8.23. The van der Waals surface area contributed by atoms with Crippen molar-refractivity contribution in [3.05, 3.63) is 28.7 Å². The molecule has 6 heteroatoms. The molecule has 1 aliphatic heterocycles. The molecule has 0 unspecified atom stereocenters. The zero-order valence-corrected chi connectivity index (χ0v) is 12.6. The van der Waals surface area contributed by atoms with Gasteiger partial charge in [0.25, 0.3) is 0 Å². The van der Waals surface area contributed by atoms with E-state index in [1.165, 1.54) is 16.4 Å². The van der Waals surface area contributed by atoms with Crippen LogP contribution in [0.1, 0.15) is 20.3 Å². The topological polar surface area (TPSA) is 54.5 Å². The average Bonchev–Trinajstić information content (AvgIpc) is 2.53. The fourth-order valence-corrected chi connectivity index (χ4v) is 4.17. The van der Waals surface area contributed by atoms with Crippen LogP contribution in [0, 0.1) is 0 Å². The highest BCUT2D eigenvalue weighted by molar-refractivity contribution is 9.10. The molecule has 0 bridgehead atoms. The smallest absolute Gasteiger partial charge is 0.243 e. The highest BCUT2D eigenvalue weighted by atomic mass is 79.9. The SMILES string of the molecule is CC1(C)CC(=O)CN1S(=O)(=O)c1ccc(Br)cc1. The lowest BCUT2D eigenvalue weighted by molar-refractivity contribution is -0.116. The highest BCUT2D eigenvalue weighted by Gasteiger charge is 2.44. The van der Waals surface area contributed by atoms with E-state index < -0.39 is 15.6 Å². The zero-order chi connectivity index (χ0) is 13.6. The van der Waals surface area contributed by atoms with E-state index in [1.54, 1.807) is 26.0 Å². The van der Waals surface area contributed by atoms with E-state index in [9.17, 15) is 13.2 Å². The number of carbonyl (C=O) groups is 1. The fourth-order valence-electron chi connectivity index (χ4n) is 2.14. The summed E-state index contributed by atoms with van der Waals surface area (Å²) in [5.41, 5.74) is -0.650. The maximum Gasteiger partial charge on any atom is 0.243 e. The van der Waals surface area contributed by atoms with Crippen LogP contribution < -0.4 is 0 Å². The Labute approximate surface area is 115 Å². The Morgan fingerprint density at radius 2 is 1.78 bits per heavy atom. The van der Waals surface area contributed by atoms with E-state index in [-0.39, 0.29) is 23.6 Å². The van der Waals surface area contributed by atoms with Gasteiger partial charge in [-0.15, -0.1) is 0 Å². The number of Topliss-reactive ketones (excluding diaryl/α,β-unsaturated/α-hetero) is 1. The largest absolute Gasteiger partial charge is 0.298 e. The maximum absolute atomic E-state index is 12.5. The molecule has 4 nitrogen and oxygen atoms in total. The van der Waals surface area contributed by atoms with E-state index in [2.05, 4.69) is 15.9 Å². The molecule has 0 N–H and O–H groups in total. The van der Waals surface area contributed by atoms with Gasteiger partial charge in [-0.1, -0.05) is 15.9 Å². The Morgan fingerprint density at radius 1 is 1.22 bits per heavy atom. The molecule has 1 aliphatic rings. The number of sulfonamides is 1. The summed E-state index contributed by atoms with van der Waals surface area (Å²) < 4.78 is 27.0. The van der Waals surface area contributed by atoms with Crippen molar-refractivity contribution in [2.45, 2.75) is 30.7 Å². The standard InChI is InChI=1S/C12H14BrNO3S/c1-12(2)7-10(15)8-14(12)18(16,17)11-5-3-9(13)4-6-11/h3-6H,7-8H2,1-2H3. The van der Waals surface area contributed by atoms with Crippen LogP contribution >= 0.6 is 15.9 Å². The molecule has 18 heavy (non-hydrogen) atoms. The van der Waals surface area contributed by atoms with E-state index in [0.717, 1.165) is 4.47 Å². The lowest BCUT2D eigenvalue weighted by Gasteiger charge is -2.29. The molecule has 0 saturated carbocycles. The second-order valence-corrected chi connectivity index (χ2v) is 7.77. The van der Waals surface area contributed by atoms with Crippen LogP contribution in [0.25, 0.3) is 0 Å². The minimum atomic E-state index is -3.60. The van der Waals surface area contributed by atoms with Gasteiger partial charge in [0.15, 0.2) is 0 Å². The molecule has 0 atom stereocenters. The molecule has 0 amide bonds. The third-order valence-corrected chi connectivity index (χ3v) is 5.63. The van der Waals surface area contributed by atoms with Gasteiger partial charge in [-0.3, -0.25) is 4.79 Å². The summed E-state index contributed by atoms with van der Waals surface area (Å²) in [7, 11) is -3.60. The Bertz CT molecular complexity index is 578. The van der Waals surface area contributed by atoms with Crippen molar-refractivity contribution in [3.8, 4) is 0 Å². The van der Waals surface area contributed by atoms with Gasteiger partial charge in [0.1, 0.15) is 5.78 Å². The molecule has 0 spiro atoms. The number of ketones is 1. The molecule has 1 aromatic carbocycles. The van der Waals surface area contributed by atoms with E-state index >= 15 is 0 Å². The molecule has 0 aromatic heterocycles. The summed E-state index contributed by atoms with van der Waals surface area (Å²) in [4.78, 5) is 11.7. The second-order valence-electron chi connectivity index (χ2n) is 4.99. The van der Waals surface area contributed by atoms with Crippen molar-refractivity contribution in [2.75, 3.05) is 6.54 Å². The number of benzene rings is 1. The predicted molar refractivity (Wildman–Crippen MR) is 71.7 cm³/mol. The van der Waals surface area contributed by atoms with Crippen LogP contribution in [0.2, 0.25) is 0 Å². The lowest BCUT2D eigenvalue weighted by atomic mass is 10.0. The molecule has 1 saturated heterocycles. The van der Waals surface area contributed by atoms with Crippen molar-refractivity contribution in [2.24, 2.45) is 0 Å². The maximum atomic E-state index is 12.5. The Balaban J connectivity index is 2.43.